The first kappa shape index (κ1) is 21.5. The molecule has 7 aromatic rings. The largest absolute Gasteiger partial charge is 0.455 e. The summed E-state index contributed by atoms with van der Waals surface area (Å²) in [6, 6.07) is 38.3. The summed E-state index contributed by atoms with van der Waals surface area (Å²) in [6.07, 6.45) is 0. The van der Waals surface area contributed by atoms with Gasteiger partial charge in [0.1, 0.15) is 19.2 Å². The maximum atomic E-state index is 6.46. The number of benzene rings is 5. The Morgan fingerprint density at radius 3 is 2.21 bits per heavy atom. The number of rotatable bonds is 2. The van der Waals surface area contributed by atoms with Gasteiger partial charge in [0.05, 0.1) is 11.2 Å². The Labute approximate surface area is 221 Å². The molecule has 180 valence electrons. The number of para-hydroxylation sites is 2. The molecule has 8 rings (SSSR count). The van der Waals surface area contributed by atoms with E-state index in [1.807, 2.05) is 30.3 Å². The summed E-state index contributed by atoms with van der Waals surface area (Å²) >= 11 is 0. The van der Waals surface area contributed by atoms with Crippen molar-refractivity contribution in [1.29, 1.82) is 0 Å². The average Bonchev–Trinajstić information content (AvgIpc) is 3.46. The minimum atomic E-state index is -1.84. The topological polar surface area (TPSA) is 38.9 Å². The van der Waals surface area contributed by atoms with Gasteiger partial charge in [0.25, 0.3) is 0 Å². The quantitative estimate of drug-likeness (QED) is 0.227. The molecular formula is C34H24N2OSi. The van der Waals surface area contributed by atoms with Crippen LogP contribution in [0.15, 0.2) is 114 Å². The molecule has 0 amide bonds. The zero-order valence-electron chi connectivity index (χ0n) is 21.2. The molecule has 1 aliphatic heterocycles. The van der Waals surface area contributed by atoms with Gasteiger partial charge in [-0.25, -0.2) is 9.97 Å². The van der Waals surface area contributed by atoms with E-state index in [4.69, 9.17) is 14.4 Å². The minimum Gasteiger partial charge on any atom is -0.455 e. The molecule has 0 saturated carbocycles. The second-order valence-corrected chi connectivity index (χ2v) is 14.9. The van der Waals surface area contributed by atoms with E-state index < -0.39 is 8.07 Å². The van der Waals surface area contributed by atoms with Crippen molar-refractivity contribution < 1.29 is 4.42 Å². The second-order valence-electron chi connectivity index (χ2n) is 10.6. The van der Waals surface area contributed by atoms with Gasteiger partial charge in [-0.1, -0.05) is 110 Å². The van der Waals surface area contributed by atoms with E-state index in [9.17, 15) is 0 Å². The molecule has 0 aliphatic carbocycles. The lowest BCUT2D eigenvalue weighted by Gasteiger charge is -2.19. The molecule has 3 heterocycles. The molecule has 0 N–H and O–H groups in total. The molecule has 0 saturated heterocycles. The summed E-state index contributed by atoms with van der Waals surface area (Å²) in [6.45, 7) is 4.89. The van der Waals surface area contributed by atoms with Crippen molar-refractivity contribution >= 4 is 51.3 Å². The Balaban J connectivity index is 1.52. The monoisotopic (exact) mass is 504 g/mol. The van der Waals surface area contributed by atoms with Crippen LogP contribution >= 0.6 is 0 Å². The molecule has 38 heavy (non-hydrogen) atoms. The number of hydrogen-bond acceptors (Lipinski definition) is 3. The fraction of sp³-hybridized carbons (Fsp3) is 0.0588. The van der Waals surface area contributed by atoms with Gasteiger partial charge in [0.15, 0.2) is 5.82 Å². The van der Waals surface area contributed by atoms with Crippen LogP contribution in [0.25, 0.3) is 66.6 Å². The van der Waals surface area contributed by atoms with Gasteiger partial charge < -0.3 is 4.42 Å². The molecule has 0 atom stereocenters. The summed E-state index contributed by atoms with van der Waals surface area (Å²) < 4.78 is 6.46. The third-order valence-electron chi connectivity index (χ3n) is 8.10. The Bertz CT molecular complexity index is 2060. The second kappa shape index (κ2) is 7.73. The Kier molecular flexibility index (Phi) is 4.38. The van der Waals surface area contributed by atoms with E-state index >= 15 is 0 Å². The van der Waals surface area contributed by atoms with Crippen LogP contribution in [0.3, 0.4) is 0 Å². The summed E-state index contributed by atoms with van der Waals surface area (Å²) in [5.74, 6) is 0.735. The maximum absolute atomic E-state index is 6.46. The Morgan fingerprint density at radius 2 is 1.32 bits per heavy atom. The van der Waals surface area contributed by atoms with Crippen LogP contribution in [-0.4, -0.2) is 18.0 Å². The Morgan fingerprint density at radius 1 is 0.579 bits per heavy atom. The van der Waals surface area contributed by atoms with Gasteiger partial charge in [-0.15, -0.1) is 0 Å². The first-order valence-corrected chi connectivity index (χ1v) is 16.0. The number of fused-ring (bicyclic) bond motifs is 8. The molecular weight excluding hydrogens is 480 g/mol. The molecule has 3 nitrogen and oxygen atoms in total. The number of nitrogens with zero attached hydrogens (tertiary/aromatic N) is 2. The predicted octanol–water partition coefficient (Wildman–Crippen LogP) is 7.67. The van der Waals surface area contributed by atoms with Gasteiger partial charge in [0.2, 0.25) is 0 Å². The zero-order chi connectivity index (χ0) is 25.4. The SMILES string of the molecule is C[Si]1(C)c2ccccc2-c2c1ccc1c(-c3cccc4c3oc3ccccc34)nc(-c3ccccc3)nc21. The van der Waals surface area contributed by atoms with Crippen molar-refractivity contribution in [2.24, 2.45) is 0 Å². The summed E-state index contributed by atoms with van der Waals surface area (Å²) in [7, 11) is -1.84. The summed E-state index contributed by atoms with van der Waals surface area (Å²) in [5.41, 5.74) is 8.26. The van der Waals surface area contributed by atoms with Gasteiger partial charge in [-0.3, -0.25) is 0 Å². The number of furan rings is 1. The van der Waals surface area contributed by atoms with Crippen molar-refractivity contribution in [1.82, 2.24) is 9.97 Å². The highest BCUT2D eigenvalue weighted by atomic mass is 28.3. The van der Waals surface area contributed by atoms with Crippen molar-refractivity contribution in [3.63, 3.8) is 0 Å². The van der Waals surface area contributed by atoms with Crippen molar-refractivity contribution in [2.45, 2.75) is 13.1 Å². The van der Waals surface area contributed by atoms with E-state index in [0.717, 1.165) is 55.5 Å². The molecule has 5 aromatic carbocycles. The fourth-order valence-corrected chi connectivity index (χ4v) is 9.30. The van der Waals surface area contributed by atoms with Crippen molar-refractivity contribution in [2.75, 3.05) is 0 Å². The molecule has 0 radical (unpaired) electrons. The maximum Gasteiger partial charge on any atom is 0.160 e. The molecule has 0 unspecified atom stereocenters. The lowest BCUT2D eigenvalue weighted by molar-refractivity contribution is 0.670. The normalized spacial score (nSPS) is 13.7. The molecule has 0 bridgehead atoms. The van der Waals surface area contributed by atoms with Gasteiger partial charge in [0, 0.05) is 32.8 Å². The summed E-state index contributed by atoms with van der Waals surface area (Å²) in [5, 5.41) is 6.19. The van der Waals surface area contributed by atoms with Gasteiger partial charge in [-0.2, -0.15) is 0 Å². The van der Waals surface area contributed by atoms with Crippen LogP contribution in [0, 0.1) is 0 Å². The highest BCUT2D eigenvalue weighted by Gasteiger charge is 2.38. The van der Waals surface area contributed by atoms with Crippen LogP contribution in [-0.2, 0) is 0 Å². The van der Waals surface area contributed by atoms with E-state index in [1.54, 1.807) is 0 Å². The lowest BCUT2D eigenvalue weighted by Crippen LogP contribution is -2.49. The summed E-state index contributed by atoms with van der Waals surface area (Å²) in [4.78, 5) is 10.5. The van der Waals surface area contributed by atoms with Gasteiger partial charge in [-0.05, 0) is 28.1 Å². The van der Waals surface area contributed by atoms with Crippen LogP contribution in [0.5, 0.6) is 0 Å². The Hall–Kier alpha value is -4.54. The third kappa shape index (κ3) is 2.89. The fourth-order valence-electron chi connectivity index (χ4n) is 6.24. The lowest BCUT2D eigenvalue weighted by atomic mass is 9.98. The highest BCUT2D eigenvalue weighted by Crippen LogP contribution is 2.41. The van der Waals surface area contributed by atoms with E-state index in [2.05, 4.69) is 92.0 Å². The third-order valence-corrected chi connectivity index (χ3v) is 11.6. The van der Waals surface area contributed by atoms with Crippen LogP contribution < -0.4 is 10.4 Å². The molecule has 1 aliphatic rings. The molecule has 2 aromatic heterocycles. The predicted molar refractivity (Wildman–Crippen MR) is 160 cm³/mol. The highest BCUT2D eigenvalue weighted by molar-refractivity contribution is 7.04. The van der Waals surface area contributed by atoms with Crippen LogP contribution in [0.2, 0.25) is 13.1 Å². The van der Waals surface area contributed by atoms with E-state index in [1.165, 1.54) is 21.5 Å². The number of aromatic nitrogens is 2. The van der Waals surface area contributed by atoms with Gasteiger partial charge >= 0.3 is 0 Å². The average molecular weight is 505 g/mol. The first-order chi connectivity index (χ1) is 18.6. The smallest absolute Gasteiger partial charge is 0.160 e. The first-order valence-electron chi connectivity index (χ1n) is 13.0. The zero-order valence-corrected chi connectivity index (χ0v) is 22.2. The minimum absolute atomic E-state index is 0.735. The van der Waals surface area contributed by atoms with E-state index in [-0.39, 0.29) is 0 Å². The van der Waals surface area contributed by atoms with Crippen molar-refractivity contribution in [3.05, 3.63) is 109 Å². The van der Waals surface area contributed by atoms with Crippen LogP contribution in [0.4, 0.5) is 0 Å². The van der Waals surface area contributed by atoms with Crippen molar-refractivity contribution in [3.8, 4) is 33.8 Å². The number of hydrogen-bond donors (Lipinski definition) is 0. The molecule has 4 heteroatoms. The van der Waals surface area contributed by atoms with Crippen LogP contribution in [0.1, 0.15) is 0 Å². The van der Waals surface area contributed by atoms with E-state index in [0.29, 0.717) is 0 Å². The standard InChI is InChI=1S/C34H24N2OSi/c1-38(2)28-18-9-7-14-24(28)30-29(38)20-19-25-31(35-34(36-32(25)30)21-11-4-3-5-12-21)26-16-10-15-23-22-13-6-8-17-27(22)37-33(23)26/h3-20H,1-2H3. The molecule has 0 fully saturated rings. The molecule has 0 spiro atoms.